The Hall–Kier alpha value is -2.79. The standard InChI is InChI=1S/C10H8N6O/c11-15-14-9-12-6-7-16(9)10(17)13-8-4-2-1-3-5-8/h1-7H,(H,13,17). The molecule has 0 bridgehead atoms. The largest absolute Gasteiger partial charge is 0.331 e. The van der Waals surface area contributed by atoms with Gasteiger partial charge in [-0.3, -0.25) is 0 Å². The fourth-order valence-electron chi connectivity index (χ4n) is 1.27. The summed E-state index contributed by atoms with van der Waals surface area (Å²) in [6.45, 7) is 0. The number of para-hydroxylation sites is 1. The van der Waals surface area contributed by atoms with E-state index in [9.17, 15) is 4.79 Å². The first-order chi connectivity index (χ1) is 8.31. The Kier molecular flexibility index (Phi) is 3.04. The summed E-state index contributed by atoms with van der Waals surface area (Å²) in [6.07, 6.45) is 2.80. The van der Waals surface area contributed by atoms with E-state index in [0.29, 0.717) is 5.69 Å². The summed E-state index contributed by atoms with van der Waals surface area (Å²) in [6, 6.07) is 8.52. The minimum atomic E-state index is -0.434. The highest BCUT2D eigenvalue weighted by atomic mass is 16.2. The van der Waals surface area contributed by atoms with Crippen LogP contribution >= 0.6 is 0 Å². The van der Waals surface area contributed by atoms with Gasteiger partial charge in [-0.05, 0) is 22.8 Å². The Morgan fingerprint density at radius 3 is 2.88 bits per heavy atom. The number of hydrogen-bond donors (Lipinski definition) is 1. The molecule has 17 heavy (non-hydrogen) atoms. The zero-order valence-electron chi connectivity index (χ0n) is 8.69. The van der Waals surface area contributed by atoms with Crippen LogP contribution in [0.5, 0.6) is 0 Å². The molecule has 0 radical (unpaired) electrons. The molecule has 0 aliphatic rings. The summed E-state index contributed by atoms with van der Waals surface area (Å²) in [5.41, 5.74) is 8.96. The van der Waals surface area contributed by atoms with Crippen LogP contribution in [0.3, 0.4) is 0 Å². The van der Waals surface area contributed by atoms with Gasteiger partial charge in [0.25, 0.3) is 0 Å². The number of azide groups is 1. The third-order valence-electron chi connectivity index (χ3n) is 2.00. The first-order valence-corrected chi connectivity index (χ1v) is 4.76. The van der Waals surface area contributed by atoms with E-state index in [4.69, 9.17) is 5.53 Å². The molecule has 2 aromatic rings. The van der Waals surface area contributed by atoms with Crippen LogP contribution in [0.2, 0.25) is 0 Å². The monoisotopic (exact) mass is 228 g/mol. The third kappa shape index (κ3) is 2.42. The minimum absolute atomic E-state index is 0.000862. The Morgan fingerprint density at radius 2 is 2.18 bits per heavy atom. The summed E-state index contributed by atoms with van der Waals surface area (Å²) < 4.78 is 1.13. The molecule has 0 atom stereocenters. The predicted molar refractivity (Wildman–Crippen MR) is 61.9 cm³/mol. The molecule has 0 unspecified atom stereocenters. The van der Waals surface area contributed by atoms with Crippen molar-refractivity contribution >= 4 is 17.7 Å². The molecule has 0 saturated carbocycles. The molecule has 1 amide bonds. The number of anilines is 1. The van der Waals surface area contributed by atoms with Gasteiger partial charge >= 0.3 is 6.03 Å². The van der Waals surface area contributed by atoms with Gasteiger partial charge in [0.05, 0.1) is 0 Å². The molecule has 7 heteroatoms. The van der Waals surface area contributed by atoms with Crippen LogP contribution in [0.25, 0.3) is 10.4 Å². The van der Waals surface area contributed by atoms with Crippen molar-refractivity contribution in [3.63, 3.8) is 0 Å². The van der Waals surface area contributed by atoms with Crippen molar-refractivity contribution in [2.45, 2.75) is 0 Å². The van der Waals surface area contributed by atoms with Gasteiger partial charge in [-0.25, -0.2) is 14.3 Å². The zero-order chi connectivity index (χ0) is 12.1. The first-order valence-electron chi connectivity index (χ1n) is 4.76. The number of aromatic nitrogens is 2. The maximum atomic E-state index is 11.8. The molecule has 0 fully saturated rings. The van der Waals surface area contributed by atoms with E-state index in [1.807, 2.05) is 6.07 Å². The number of amides is 1. The van der Waals surface area contributed by atoms with Crippen molar-refractivity contribution in [2.75, 3.05) is 5.32 Å². The predicted octanol–water partition coefficient (Wildman–Crippen LogP) is 2.91. The van der Waals surface area contributed by atoms with Crippen LogP contribution in [0.1, 0.15) is 0 Å². The van der Waals surface area contributed by atoms with Crippen LogP contribution in [-0.4, -0.2) is 15.6 Å². The Morgan fingerprint density at radius 1 is 1.41 bits per heavy atom. The first kappa shape index (κ1) is 10.7. The number of hydrogen-bond acceptors (Lipinski definition) is 3. The lowest BCUT2D eigenvalue weighted by Crippen LogP contribution is -2.18. The van der Waals surface area contributed by atoms with Gasteiger partial charge in [0.2, 0.25) is 5.95 Å². The van der Waals surface area contributed by atoms with Crippen molar-refractivity contribution in [1.29, 1.82) is 0 Å². The fourth-order valence-corrected chi connectivity index (χ4v) is 1.27. The van der Waals surface area contributed by atoms with Gasteiger partial charge < -0.3 is 5.32 Å². The zero-order valence-corrected chi connectivity index (χ0v) is 8.69. The van der Waals surface area contributed by atoms with E-state index in [1.54, 1.807) is 24.3 Å². The topological polar surface area (TPSA) is 95.7 Å². The normalized spacial score (nSPS) is 9.41. The van der Waals surface area contributed by atoms with Gasteiger partial charge in [-0.1, -0.05) is 18.2 Å². The van der Waals surface area contributed by atoms with Crippen LogP contribution < -0.4 is 5.32 Å². The second kappa shape index (κ2) is 4.82. The number of benzene rings is 1. The average Bonchev–Trinajstić information content (AvgIpc) is 2.79. The van der Waals surface area contributed by atoms with Gasteiger partial charge in [-0.15, -0.1) is 0 Å². The smallest absolute Gasteiger partial charge is 0.307 e. The van der Waals surface area contributed by atoms with Gasteiger partial charge in [0.1, 0.15) is 0 Å². The van der Waals surface area contributed by atoms with Crippen molar-refractivity contribution < 1.29 is 4.79 Å². The Balaban J connectivity index is 2.20. The third-order valence-corrected chi connectivity index (χ3v) is 2.00. The van der Waals surface area contributed by atoms with E-state index >= 15 is 0 Å². The van der Waals surface area contributed by atoms with Crippen molar-refractivity contribution in [3.05, 3.63) is 53.2 Å². The molecule has 7 nitrogen and oxygen atoms in total. The maximum Gasteiger partial charge on any atom is 0.331 e. The van der Waals surface area contributed by atoms with E-state index < -0.39 is 6.03 Å². The highest BCUT2D eigenvalue weighted by molar-refractivity contribution is 5.92. The maximum absolute atomic E-state index is 11.8. The highest BCUT2D eigenvalue weighted by Gasteiger charge is 2.08. The highest BCUT2D eigenvalue weighted by Crippen LogP contribution is 2.11. The Labute approximate surface area is 96.3 Å². The van der Waals surface area contributed by atoms with Gasteiger partial charge in [0.15, 0.2) is 0 Å². The van der Waals surface area contributed by atoms with Crippen LogP contribution in [0.4, 0.5) is 16.4 Å². The summed E-state index contributed by atoms with van der Waals surface area (Å²) >= 11 is 0. The molecule has 1 aromatic carbocycles. The summed E-state index contributed by atoms with van der Waals surface area (Å²) in [5, 5.41) is 5.94. The molecule has 0 aliphatic carbocycles. The van der Waals surface area contributed by atoms with E-state index in [2.05, 4.69) is 20.3 Å². The summed E-state index contributed by atoms with van der Waals surface area (Å²) in [4.78, 5) is 18.1. The van der Waals surface area contributed by atoms with Crippen molar-refractivity contribution in [1.82, 2.24) is 9.55 Å². The molecule has 84 valence electrons. The minimum Gasteiger partial charge on any atom is -0.307 e. The molecular weight excluding hydrogens is 220 g/mol. The SMILES string of the molecule is [N-]=[N+]=Nc1nccn1C(=O)Nc1ccccc1. The molecule has 0 saturated heterocycles. The van der Waals surface area contributed by atoms with Crippen molar-refractivity contribution in [3.8, 4) is 0 Å². The fraction of sp³-hybridized carbons (Fsp3) is 0. The molecule has 1 N–H and O–H groups in total. The average molecular weight is 228 g/mol. The van der Waals surface area contributed by atoms with E-state index in [1.165, 1.54) is 12.4 Å². The molecule has 0 aliphatic heterocycles. The van der Waals surface area contributed by atoms with E-state index in [0.717, 1.165) is 4.57 Å². The van der Waals surface area contributed by atoms with Gasteiger partial charge in [0, 0.05) is 23.0 Å². The second-order valence-corrected chi connectivity index (χ2v) is 3.08. The number of imidazole rings is 1. The quantitative estimate of drug-likeness (QED) is 0.485. The molecule has 0 spiro atoms. The number of rotatable bonds is 2. The molecule has 1 heterocycles. The molecular formula is C10H8N6O. The lowest BCUT2D eigenvalue weighted by molar-refractivity contribution is 0.253. The number of nitrogens with one attached hydrogen (secondary N) is 1. The lowest BCUT2D eigenvalue weighted by Gasteiger charge is -2.05. The summed E-state index contributed by atoms with van der Waals surface area (Å²) in [5.74, 6) is 0.000862. The van der Waals surface area contributed by atoms with Crippen LogP contribution in [-0.2, 0) is 0 Å². The summed E-state index contributed by atoms with van der Waals surface area (Å²) in [7, 11) is 0. The lowest BCUT2D eigenvalue weighted by atomic mass is 10.3. The number of carbonyl (C=O) groups is 1. The van der Waals surface area contributed by atoms with Gasteiger partial charge in [-0.2, -0.15) is 0 Å². The Bertz CT molecular complexity index is 569. The van der Waals surface area contributed by atoms with E-state index in [-0.39, 0.29) is 5.95 Å². The van der Waals surface area contributed by atoms with Crippen LogP contribution in [0.15, 0.2) is 47.8 Å². The van der Waals surface area contributed by atoms with Crippen LogP contribution in [0, 0.1) is 0 Å². The second-order valence-electron chi connectivity index (χ2n) is 3.08. The molecule has 2 rings (SSSR count). The number of carbonyl (C=O) groups excluding carboxylic acids is 1. The molecule has 1 aromatic heterocycles. The number of nitrogens with zero attached hydrogens (tertiary/aromatic N) is 5. The van der Waals surface area contributed by atoms with Crippen molar-refractivity contribution in [2.24, 2.45) is 5.11 Å².